The van der Waals surface area contributed by atoms with Crippen molar-refractivity contribution in [2.24, 2.45) is 7.05 Å². The van der Waals surface area contributed by atoms with Crippen LogP contribution >= 0.6 is 0 Å². The molecular weight excluding hydrogens is 182 g/mol. The molecule has 0 spiro atoms. The summed E-state index contributed by atoms with van der Waals surface area (Å²) in [4.78, 5) is 14.2. The third kappa shape index (κ3) is 1.68. The predicted octanol–water partition coefficient (Wildman–Crippen LogP) is -0.128. The summed E-state index contributed by atoms with van der Waals surface area (Å²) in [6.07, 6.45) is 5.80. The van der Waals surface area contributed by atoms with Gasteiger partial charge in [0.1, 0.15) is 11.4 Å². The van der Waals surface area contributed by atoms with Crippen molar-refractivity contribution < 1.29 is 4.79 Å². The quantitative estimate of drug-likeness (QED) is 0.634. The molecule has 6 nitrogen and oxygen atoms in total. The van der Waals surface area contributed by atoms with Crippen LogP contribution in [0, 0.1) is 0 Å². The fourth-order valence-electron chi connectivity index (χ4n) is 1.18. The molecule has 14 heavy (non-hydrogen) atoms. The van der Waals surface area contributed by atoms with Gasteiger partial charge in [0.15, 0.2) is 6.29 Å². The molecule has 6 heteroatoms. The first-order valence-corrected chi connectivity index (χ1v) is 4.10. The highest BCUT2D eigenvalue weighted by molar-refractivity contribution is 5.70. The molecule has 0 saturated heterocycles. The lowest BCUT2D eigenvalue weighted by atomic mass is 10.4. The van der Waals surface area contributed by atoms with E-state index < -0.39 is 0 Å². The van der Waals surface area contributed by atoms with Gasteiger partial charge in [-0.3, -0.25) is 9.48 Å². The van der Waals surface area contributed by atoms with Crippen molar-refractivity contribution in [3.63, 3.8) is 0 Å². The Morgan fingerprint density at radius 1 is 1.50 bits per heavy atom. The molecule has 0 aliphatic rings. The van der Waals surface area contributed by atoms with E-state index in [0.29, 0.717) is 18.5 Å². The molecule has 0 fully saturated rings. The molecule has 0 N–H and O–H groups in total. The number of nitrogens with zero attached hydrogens (tertiary/aromatic N) is 5. The van der Waals surface area contributed by atoms with Gasteiger partial charge < -0.3 is 4.57 Å². The molecule has 72 valence electrons. The maximum Gasteiger partial charge on any atom is 0.169 e. The van der Waals surface area contributed by atoms with Gasteiger partial charge in [-0.2, -0.15) is 0 Å². The second kappa shape index (κ2) is 3.41. The fourth-order valence-corrected chi connectivity index (χ4v) is 1.18. The van der Waals surface area contributed by atoms with Crippen LogP contribution in [0.4, 0.5) is 0 Å². The Morgan fingerprint density at radius 3 is 2.93 bits per heavy atom. The Balaban J connectivity index is 2.14. The zero-order chi connectivity index (χ0) is 9.97. The average Bonchev–Trinajstić information content (AvgIpc) is 2.76. The molecule has 0 saturated carbocycles. The lowest BCUT2D eigenvalue weighted by molar-refractivity contribution is 0.111. The summed E-state index contributed by atoms with van der Waals surface area (Å²) in [5.41, 5.74) is 1.26. The highest BCUT2D eigenvalue weighted by atomic mass is 16.1. The molecule has 2 rings (SSSR count). The highest BCUT2D eigenvalue weighted by Gasteiger charge is 2.01. The summed E-state index contributed by atoms with van der Waals surface area (Å²) in [5.74, 6) is 0. The van der Waals surface area contributed by atoms with Crippen LogP contribution in [-0.4, -0.2) is 30.8 Å². The Bertz CT molecular complexity index is 444. The first-order valence-electron chi connectivity index (χ1n) is 4.10. The van der Waals surface area contributed by atoms with Crippen molar-refractivity contribution >= 4 is 6.29 Å². The van der Waals surface area contributed by atoms with Crippen LogP contribution in [0.1, 0.15) is 16.2 Å². The Kier molecular flexibility index (Phi) is 2.10. The maximum absolute atomic E-state index is 10.4. The molecular formula is C8H9N5O. The molecule has 0 unspecified atom stereocenters. The number of aromatic nitrogens is 5. The van der Waals surface area contributed by atoms with Gasteiger partial charge in [-0.25, -0.2) is 4.98 Å². The molecule has 0 bridgehead atoms. The maximum atomic E-state index is 10.4. The van der Waals surface area contributed by atoms with Gasteiger partial charge in [0.25, 0.3) is 0 Å². The molecule has 2 heterocycles. The van der Waals surface area contributed by atoms with E-state index in [4.69, 9.17) is 0 Å². The second-order valence-electron chi connectivity index (χ2n) is 2.97. The monoisotopic (exact) mass is 191 g/mol. The summed E-state index contributed by atoms with van der Waals surface area (Å²) in [7, 11) is 1.81. The Labute approximate surface area is 80.2 Å². The van der Waals surface area contributed by atoms with Gasteiger partial charge in [0.05, 0.1) is 12.9 Å². The normalized spacial score (nSPS) is 10.4. The van der Waals surface area contributed by atoms with E-state index in [-0.39, 0.29) is 0 Å². The second-order valence-corrected chi connectivity index (χ2v) is 2.97. The van der Waals surface area contributed by atoms with Gasteiger partial charge in [-0.15, -0.1) is 5.10 Å². The SMILES string of the molecule is Cn1cc(Cn2cnc(C=O)c2)nn1. The number of imidazole rings is 1. The van der Waals surface area contributed by atoms with E-state index in [2.05, 4.69) is 15.3 Å². The smallest absolute Gasteiger partial charge is 0.169 e. The van der Waals surface area contributed by atoms with Crippen LogP contribution in [-0.2, 0) is 13.6 Å². The van der Waals surface area contributed by atoms with E-state index in [1.807, 2.05) is 6.20 Å². The molecule has 0 aliphatic carbocycles. The molecule has 2 aromatic heterocycles. The zero-order valence-electron chi connectivity index (χ0n) is 7.66. The lowest BCUT2D eigenvalue weighted by Gasteiger charge is -1.94. The third-order valence-corrected chi connectivity index (χ3v) is 1.77. The molecule has 0 amide bonds. The number of aldehydes is 1. The van der Waals surface area contributed by atoms with Gasteiger partial charge in [0, 0.05) is 19.4 Å². The predicted molar refractivity (Wildman–Crippen MR) is 47.7 cm³/mol. The van der Waals surface area contributed by atoms with Crippen molar-refractivity contribution in [2.45, 2.75) is 6.54 Å². The number of hydrogen-bond acceptors (Lipinski definition) is 4. The standard InChI is InChI=1S/C8H9N5O/c1-12-2-7(10-11-12)3-13-4-8(5-14)9-6-13/h2,4-6H,3H2,1H3. The minimum atomic E-state index is 0.425. The number of rotatable bonds is 3. The Morgan fingerprint density at radius 2 is 2.36 bits per heavy atom. The van der Waals surface area contributed by atoms with Crippen molar-refractivity contribution in [3.8, 4) is 0 Å². The molecule has 2 aromatic rings. The molecule has 0 aromatic carbocycles. The molecule has 0 atom stereocenters. The van der Waals surface area contributed by atoms with Crippen LogP contribution in [0.25, 0.3) is 0 Å². The minimum absolute atomic E-state index is 0.425. The van der Waals surface area contributed by atoms with E-state index in [1.165, 1.54) is 0 Å². The summed E-state index contributed by atoms with van der Waals surface area (Å²) in [5, 5.41) is 7.73. The first kappa shape index (κ1) is 8.61. The van der Waals surface area contributed by atoms with Crippen molar-refractivity contribution in [2.75, 3.05) is 0 Å². The lowest BCUT2D eigenvalue weighted by Crippen LogP contribution is -1.96. The fraction of sp³-hybridized carbons (Fsp3) is 0.250. The van der Waals surface area contributed by atoms with Crippen LogP contribution in [0.5, 0.6) is 0 Å². The number of aryl methyl sites for hydroxylation is 1. The summed E-state index contributed by atoms with van der Waals surface area (Å²) >= 11 is 0. The van der Waals surface area contributed by atoms with Crippen LogP contribution in [0.3, 0.4) is 0 Å². The van der Waals surface area contributed by atoms with Crippen molar-refractivity contribution in [3.05, 3.63) is 30.1 Å². The average molecular weight is 191 g/mol. The molecule has 0 aliphatic heterocycles. The van der Waals surface area contributed by atoms with E-state index >= 15 is 0 Å². The van der Waals surface area contributed by atoms with Crippen molar-refractivity contribution in [1.82, 2.24) is 24.5 Å². The summed E-state index contributed by atoms with van der Waals surface area (Å²) in [6, 6.07) is 0. The number of hydrogen-bond donors (Lipinski definition) is 0. The topological polar surface area (TPSA) is 65.6 Å². The third-order valence-electron chi connectivity index (χ3n) is 1.77. The van der Waals surface area contributed by atoms with Gasteiger partial charge in [0.2, 0.25) is 0 Å². The van der Waals surface area contributed by atoms with E-state index in [0.717, 1.165) is 5.69 Å². The van der Waals surface area contributed by atoms with Gasteiger partial charge >= 0.3 is 0 Å². The van der Waals surface area contributed by atoms with Gasteiger partial charge in [-0.1, -0.05) is 5.21 Å². The Hall–Kier alpha value is -1.98. The number of carbonyl (C=O) groups excluding carboxylic acids is 1. The van der Waals surface area contributed by atoms with Crippen LogP contribution in [0.15, 0.2) is 18.7 Å². The summed E-state index contributed by atoms with van der Waals surface area (Å²) in [6.45, 7) is 0.578. The van der Waals surface area contributed by atoms with E-state index in [9.17, 15) is 4.79 Å². The van der Waals surface area contributed by atoms with E-state index in [1.54, 1.807) is 28.8 Å². The molecule has 0 radical (unpaired) electrons. The minimum Gasteiger partial charge on any atom is -0.331 e. The van der Waals surface area contributed by atoms with Gasteiger partial charge in [-0.05, 0) is 0 Å². The largest absolute Gasteiger partial charge is 0.331 e. The zero-order valence-corrected chi connectivity index (χ0v) is 7.66. The highest BCUT2D eigenvalue weighted by Crippen LogP contribution is 1.98. The van der Waals surface area contributed by atoms with Crippen LogP contribution in [0.2, 0.25) is 0 Å². The first-order chi connectivity index (χ1) is 6.78. The number of carbonyl (C=O) groups is 1. The van der Waals surface area contributed by atoms with Crippen molar-refractivity contribution in [1.29, 1.82) is 0 Å². The summed E-state index contributed by atoms with van der Waals surface area (Å²) < 4.78 is 3.42. The van der Waals surface area contributed by atoms with Crippen LogP contribution < -0.4 is 0 Å².